The Kier molecular flexibility index (Phi) is 4.63. The van der Waals surface area contributed by atoms with Crippen molar-refractivity contribution in [1.29, 1.82) is 0 Å². The fraction of sp³-hybridized carbons (Fsp3) is 0.474. The molecule has 0 bridgehead atoms. The zero-order valence-corrected chi connectivity index (χ0v) is 15.6. The van der Waals surface area contributed by atoms with Gasteiger partial charge in [-0.25, -0.2) is 24.1 Å². The highest BCUT2D eigenvalue weighted by molar-refractivity contribution is 5.71. The van der Waals surface area contributed by atoms with Gasteiger partial charge in [-0.15, -0.1) is 0 Å². The van der Waals surface area contributed by atoms with E-state index in [9.17, 15) is 9.18 Å². The smallest absolute Gasteiger partial charge is 0.330 e. The van der Waals surface area contributed by atoms with Crippen molar-refractivity contribution in [2.75, 3.05) is 18.0 Å². The van der Waals surface area contributed by atoms with Gasteiger partial charge in [0.25, 0.3) is 0 Å². The molecule has 8 heteroatoms. The molecule has 0 N–H and O–H groups in total. The van der Waals surface area contributed by atoms with Gasteiger partial charge in [0.1, 0.15) is 6.33 Å². The maximum absolute atomic E-state index is 14.5. The lowest BCUT2D eigenvalue weighted by Gasteiger charge is -2.33. The van der Waals surface area contributed by atoms with E-state index >= 15 is 0 Å². The van der Waals surface area contributed by atoms with Gasteiger partial charge in [0, 0.05) is 32.9 Å². The summed E-state index contributed by atoms with van der Waals surface area (Å²) in [4.78, 5) is 27.1. The average molecular weight is 370 g/mol. The van der Waals surface area contributed by atoms with Crippen molar-refractivity contribution in [1.82, 2.24) is 24.1 Å². The molecular weight excluding hydrogens is 347 g/mol. The molecule has 3 aromatic rings. The van der Waals surface area contributed by atoms with Gasteiger partial charge >= 0.3 is 5.69 Å². The van der Waals surface area contributed by atoms with Gasteiger partial charge in [-0.1, -0.05) is 6.92 Å². The van der Waals surface area contributed by atoms with E-state index in [0.29, 0.717) is 43.5 Å². The minimum atomic E-state index is -0.312. The van der Waals surface area contributed by atoms with Crippen molar-refractivity contribution < 1.29 is 4.39 Å². The Hall–Kier alpha value is -2.77. The molecule has 1 aliphatic heterocycles. The van der Waals surface area contributed by atoms with Gasteiger partial charge in [0.05, 0.1) is 11.2 Å². The summed E-state index contributed by atoms with van der Waals surface area (Å²) in [5, 5.41) is 0. The van der Waals surface area contributed by atoms with Crippen molar-refractivity contribution in [3.05, 3.63) is 46.7 Å². The molecule has 142 valence electrons. The Morgan fingerprint density at radius 1 is 1.22 bits per heavy atom. The number of anilines is 1. The largest absolute Gasteiger partial charge is 0.354 e. The van der Waals surface area contributed by atoms with Crippen LogP contribution < -0.4 is 10.6 Å². The number of aryl methyl sites for hydroxylation is 2. The quantitative estimate of drug-likeness (QED) is 0.704. The van der Waals surface area contributed by atoms with E-state index < -0.39 is 0 Å². The molecule has 0 aromatic carbocycles. The third kappa shape index (κ3) is 3.09. The number of aromatic nitrogens is 5. The third-order valence-corrected chi connectivity index (χ3v) is 5.43. The van der Waals surface area contributed by atoms with Crippen LogP contribution in [0.3, 0.4) is 0 Å². The zero-order valence-electron chi connectivity index (χ0n) is 15.6. The second-order valence-corrected chi connectivity index (χ2v) is 7.04. The first-order chi connectivity index (χ1) is 13.1. The average Bonchev–Trinajstić information content (AvgIpc) is 2.94. The summed E-state index contributed by atoms with van der Waals surface area (Å²) in [5.74, 6) is 0.430. The molecule has 0 spiro atoms. The summed E-state index contributed by atoms with van der Waals surface area (Å²) in [6.45, 7) is 3.95. The van der Waals surface area contributed by atoms with Gasteiger partial charge in [0.15, 0.2) is 17.3 Å². The Bertz CT molecular complexity index is 1020. The van der Waals surface area contributed by atoms with E-state index in [1.54, 1.807) is 22.4 Å². The number of imidazole rings is 1. The number of fused-ring (bicyclic) bond motifs is 1. The molecule has 0 atom stereocenters. The van der Waals surface area contributed by atoms with Crippen LogP contribution in [0.15, 0.2) is 29.5 Å². The van der Waals surface area contributed by atoms with Crippen LogP contribution in [0.5, 0.6) is 0 Å². The maximum atomic E-state index is 14.5. The molecule has 1 saturated heterocycles. The predicted molar refractivity (Wildman–Crippen MR) is 101 cm³/mol. The van der Waals surface area contributed by atoms with E-state index in [4.69, 9.17) is 0 Å². The van der Waals surface area contributed by atoms with Crippen molar-refractivity contribution >= 4 is 17.0 Å². The minimum absolute atomic E-state index is 0.0411. The molecule has 1 fully saturated rings. The van der Waals surface area contributed by atoms with Crippen LogP contribution >= 0.6 is 0 Å². The van der Waals surface area contributed by atoms with Crippen LogP contribution in [0.4, 0.5) is 10.2 Å². The fourth-order valence-corrected chi connectivity index (χ4v) is 3.85. The Morgan fingerprint density at radius 2 is 2.00 bits per heavy atom. The van der Waals surface area contributed by atoms with Crippen molar-refractivity contribution in [3.63, 3.8) is 0 Å². The van der Waals surface area contributed by atoms with Crippen LogP contribution in [0.25, 0.3) is 11.2 Å². The van der Waals surface area contributed by atoms with Crippen LogP contribution in [-0.2, 0) is 20.0 Å². The van der Waals surface area contributed by atoms with Crippen LogP contribution in [-0.4, -0.2) is 37.2 Å². The van der Waals surface area contributed by atoms with Gasteiger partial charge in [-0.3, -0.25) is 9.13 Å². The molecule has 4 heterocycles. The van der Waals surface area contributed by atoms with E-state index in [0.717, 1.165) is 24.0 Å². The fourth-order valence-electron chi connectivity index (χ4n) is 3.85. The molecule has 0 saturated carbocycles. The van der Waals surface area contributed by atoms with Crippen LogP contribution in [0, 0.1) is 11.7 Å². The molecule has 0 aliphatic carbocycles. The molecule has 7 nitrogen and oxygen atoms in total. The lowest BCUT2D eigenvalue weighted by Crippen LogP contribution is -2.37. The number of nitrogens with zero attached hydrogens (tertiary/aromatic N) is 6. The van der Waals surface area contributed by atoms with E-state index in [1.807, 2.05) is 24.0 Å². The minimum Gasteiger partial charge on any atom is -0.354 e. The van der Waals surface area contributed by atoms with Gasteiger partial charge < -0.3 is 4.90 Å². The topological polar surface area (TPSA) is 68.8 Å². The first kappa shape index (κ1) is 17.6. The Labute approximate surface area is 156 Å². The molecule has 0 unspecified atom stereocenters. The summed E-state index contributed by atoms with van der Waals surface area (Å²) in [7, 11) is 1.77. The van der Waals surface area contributed by atoms with Gasteiger partial charge in [-0.2, -0.15) is 0 Å². The number of hydrogen-bond acceptors (Lipinski definition) is 5. The second kappa shape index (κ2) is 7.09. The van der Waals surface area contributed by atoms with E-state index in [2.05, 4.69) is 15.0 Å². The molecule has 27 heavy (non-hydrogen) atoms. The van der Waals surface area contributed by atoms with Crippen molar-refractivity contribution in [2.24, 2.45) is 13.0 Å². The normalized spacial score (nSPS) is 15.6. The number of rotatable bonds is 4. The van der Waals surface area contributed by atoms with Crippen LogP contribution in [0.1, 0.15) is 25.5 Å². The van der Waals surface area contributed by atoms with Gasteiger partial charge in [-0.05, 0) is 37.3 Å². The highest BCUT2D eigenvalue weighted by Crippen LogP contribution is 2.26. The lowest BCUT2D eigenvalue weighted by atomic mass is 9.96. The first-order valence-corrected chi connectivity index (χ1v) is 9.34. The molecule has 0 amide bonds. The molecule has 4 rings (SSSR count). The summed E-state index contributed by atoms with van der Waals surface area (Å²) in [5.41, 5.74) is 1.98. The SMILES string of the molecule is CCc1ncnc(N2CCC(Cn3c(=O)n(C)c4cccnc43)CC2)c1F. The van der Waals surface area contributed by atoms with Gasteiger partial charge in [0.2, 0.25) is 0 Å². The summed E-state index contributed by atoms with van der Waals surface area (Å²) in [6, 6.07) is 3.75. The van der Waals surface area contributed by atoms with Crippen molar-refractivity contribution in [3.8, 4) is 0 Å². The summed E-state index contributed by atoms with van der Waals surface area (Å²) in [6.07, 6.45) is 5.45. The molecule has 3 aromatic heterocycles. The summed E-state index contributed by atoms with van der Waals surface area (Å²) >= 11 is 0. The predicted octanol–water partition coefficient (Wildman–Crippen LogP) is 2.14. The lowest BCUT2D eigenvalue weighted by molar-refractivity contribution is 0.352. The number of pyridine rings is 1. The zero-order chi connectivity index (χ0) is 19.0. The van der Waals surface area contributed by atoms with E-state index in [1.165, 1.54) is 6.33 Å². The standard InChI is InChI=1S/C19H23FN6O/c1-3-14-16(20)18(23-12-22-14)25-9-6-13(7-10-25)11-26-17-15(5-4-8-21-17)24(2)19(26)27/h4-5,8,12-13H,3,6-7,9-11H2,1-2H3. The second-order valence-electron chi connectivity index (χ2n) is 7.04. The number of piperidine rings is 1. The maximum Gasteiger partial charge on any atom is 0.330 e. The first-order valence-electron chi connectivity index (χ1n) is 9.34. The van der Waals surface area contributed by atoms with Crippen molar-refractivity contribution in [2.45, 2.75) is 32.7 Å². The molecular formula is C19H23FN6O. The molecule has 0 radical (unpaired) electrons. The third-order valence-electron chi connectivity index (χ3n) is 5.43. The highest BCUT2D eigenvalue weighted by atomic mass is 19.1. The monoisotopic (exact) mass is 370 g/mol. The highest BCUT2D eigenvalue weighted by Gasteiger charge is 2.25. The van der Waals surface area contributed by atoms with E-state index in [-0.39, 0.29) is 11.5 Å². The summed E-state index contributed by atoms with van der Waals surface area (Å²) < 4.78 is 17.9. The number of hydrogen-bond donors (Lipinski definition) is 0. The Morgan fingerprint density at radius 3 is 2.74 bits per heavy atom. The number of halogens is 1. The van der Waals surface area contributed by atoms with Crippen LogP contribution in [0.2, 0.25) is 0 Å². The molecule has 1 aliphatic rings. The Balaban J connectivity index is 1.50.